The lowest BCUT2D eigenvalue weighted by atomic mass is 9.65. The molecule has 0 radical (unpaired) electrons. The van der Waals surface area contributed by atoms with Crippen LogP contribution in [-0.2, 0) is 12.8 Å². The quantitative estimate of drug-likeness (QED) is 0.342. The molecular weight excluding hydrogens is 477 g/mol. The van der Waals surface area contributed by atoms with Crippen LogP contribution in [0.25, 0.3) is 22.9 Å². The van der Waals surface area contributed by atoms with Crippen molar-refractivity contribution in [2.24, 2.45) is 11.1 Å². The molecule has 192 valence electrons. The highest BCUT2D eigenvalue weighted by Crippen LogP contribution is 2.57. The molecule has 0 aliphatic heterocycles. The first-order chi connectivity index (χ1) is 18.3. The molecule has 0 saturated heterocycles. The number of nitrogens with two attached hydrogens (primary N) is 1. The van der Waals surface area contributed by atoms with Crippen LogP contribution in [0.4, 0.5) is 4.39 Å². The maximum Gasteiger partial charge on any atom is 0.248 e. The number of hydrogen-bond donors (Lipinski definition) is 2. The van der Waals surface area contributed by atoms with Crippen molar-refractivity contribution in [3.63, 3.8) is 0 Å². The van der Waals surface area contributed by atoms with Crippen molar-refractivity contribution in [3.8, 4) is 16.8 Å². The SMILES string of the molecule is C[C@]12Cc3cnn(-c4ccc(F)cc4)c3C=C1CC[C@@]2(O)CCc1ccc(-c2ccccc2)cc1C(N)=O. The van der Waals surface area contributed by atoms with Crippen molar-refractivity contribution >= 4 is 12.0 Å². The summed E-state index contributed by atoms with van der Waals surface area (Å²) in [6.45, 7) is 2.14. The summed E-state index contributed by atoms with van der Waals surface area (Å²) in [7, 11) is 0. The highest BCUT2D eigenvalue weighted by molar-refractivity contribution is 5.95. The van der Waals surface area contributed by atoms with Crippen molar-refractivity contribution in [2.45, 2.75) is 44.6 Å². The number of rotatable bonds is 6. The maximum absolute atomic E-state index is 13.4. The summed E-state index contributed by atoms with van der Waals surface area (Å²) < 4.78 is 15.3. The summed E-state index contributed by atoms with van der Waals surface area (Å²) in [5.41, 5.74) is 11.8. The van der Waals surface area contributed by atoms with Gasteiger partial charge in [-0.05, 0) is 90.8 Å². The summed E-state index contributed by atoms with van der Waals surface area (Å²) in [4.78, 5) is 12.4. The van der Waals surface area contributed by atoms with Crippen LogP contribution < -0.4 is 5.73 Å². The highest BCUT2D eigenvalue weighted by atomic mass is 19.1. The standard InChI is InChI=1S/C32H30FN3O2/c1-31-19-24-20-35-36(27-11-9-26(33)10-12-27)29(24)18-25(31)14-16-32(31,38)15-13-22-7-8-23(17-28(22)30(34)37)21-5-3-2-4-6-21/h2-12,17-18,20,38H,13-16,19H2,1H3,(H2,34,37)/t31-,32-/m0/s1. The van der Waals surface area contributed by atoms with Gasteiger partial charge in [-0.2, -0.15) is 5.10 Å². The number of benzene rings is 3. The molecule has 5 nitrogen and oxygen atoms in total. The van der Waals surface area contributed by atoms with Gasteiger partial charge in [-0.25, -0.2) is 9.07 Å². The first-order valence-corrected chi connectivity index (χ1v) is 13.0. The molecule has 38 heavy (non-hydrogen) atoms. The minimum absolute atomic E-state index is 0.282. The van der Waals surface area contributed by atoms with Gasteiger partial charge in [-0.3, -0.25) is 4.79 Å². The van der Waals surface area contributed by atoms with Gasteiger partial charge < -0.3 is 10.8 Å². The second kappa shape index (κ2) is 9.07. The van der Waals surface area contributed by atoms with Crippen LogP contribution in [0.1, 0.15) is 53.4 Å². The minimum atomic E-state index is -0.929. The summed E-state index contributed by atoms with van der Waals surface area (Å²) in [6, 6.07) is 22.0. The summed E-state index contributed by atoms with van der Waals surface area (Å²) in [6.07, 6.45) is 7.18. The second-order valence-corrected chi connectivity index (χ2v) is 10.8. The number of hydrogen-bond acceptors (Lipinski definition) is 3. The molecule has 2 aliphatic carbocycles. The number of primary amides is 1. The van der Waals surface area contributed by atoms with E-state index in [4.69, 9.17) is 5.73 Å². The molecule has 2 atom stereocenters. The van der Waals surface area contributed by atoms with E-state index in [0.717, 1.165) is 40.1 Å². The van der Waals surface area contributed by atoms with E-state index in [0.29, 0.717) is 31.2 Å². The van der Waals surface area contributed by atoms with Crippen molar-refractivity contribution in [1.29, 1.82) is 0 Å². The van der Waals surface area contributed by atoms with E-state index in [-0.39, 0.29) is 5.82 Å². The topological polar surface area (TPSA) is 81.1 Å². The Labute approximate surface area is 221 Å². The summed E-state index contributed by atoms with van der Waals surface area (Å²) in [5, 5.41) is 16.6. The predicted octanol–water partition coefficient (Wildman–Crippen LogP) is 5.88. The van der Waals surface area contributed by atoms with Crippen LogP contribution in [0.5, 0.6) is 0 Å². The molecule has 2 aliphatic rings. The van der Waals surface area contributed by atoms with E-state index in [9.17, 15) is 14.3 Å². The Balaban J connectivity index is 1.26. The van der Waals surface area contributed by atoms with E-state index in [1.807, 2.05) is 59.4 Å². The zero-order valence-corrected chi connectivity index (χ0v) is 21.3. The van der Waals surface area contributed by atoms with Gasteiger partial charge in [0.1, 0.15) is 5.82 Å². The molecule has 1 amide bonds. The number of carbonyl (C=O) groups is 1. The zero-order valence-electron chi connectivity index (χ0n) is 21.3. The van der Waals surface area contributed by atoms with Crippen LogP contribution in [-0.4, -0.2) is 26.4 Å². The van der Waals surface area contributed by atoms with Gasteiger partial charge in [-0.1, -0.05) is 55.0 Å². The summed E-state index contributed by atoms with van der Waals surface area (Å²) in [5.74, 6) is -0.741. The number of fused-ring (bicyclic) bond motifs is 2. The van der Waals surface area contributed by atoms with E-state index < -0.39 is 16.9 Å². The molecule has 1 fully saturated rings. The maximum atomic E-state index is 13.4. The number of aliphatic hydroxyl groups is 1. The van der Waals surface area contributed by atoms with Gasteiger partial charge in [0, 0.05) is 11.0 Å². The Morgan fingerprint density at radius 2 is 1.84 bits per heavy atom. The molecule has 1 aromatic heterocycles. The molecule has 0 bridgehead atoms. The van der Waals surface area contributed by atoms with Crippen LogP contribution in [0.2, 0.25) is 0 Å². The molecule has 0 spiro atoms. The summed E-state index contributed by atoms with van der Waals surface area (Å²) >= 11 is 0. The van der Waals surface area contributed by atoms with Crippen molar-refractivity contribution in [2.75, 3.05) is 0 Å². The molecule has 3 aromatic carbocycles. The Hall–Kier alpha value is -4.03. The third kappa shape index (κ3) is 3.96. The molecule has 6 heteroatoms. The van der Waals surface area contributed by atoms with Crippen LogP contribution >= 0.6 is 0 Å². The van der Waals surface area contributed by atoms with E-state index in [2.05, 4.69) is 18.1 Å². The Kier molecular flexibility index (Phi) is 5.80. The lowest BCUT2D eigenvalue weighted by Crippen LogP contribution is -2.45. The first-order valence-electron chi connectivity index (χ1n) is 13.0. The molecule has 1 saturated carbocycles. The lowest BCUT2D eigenvalue weighted by molar-refractivity contribution is -0.0461. The van der Waals surface area contributed by atoms with E-state index >= 15 is 0 Å². The lowest BCUT2D eigenvalue weighted by Gasteiger charge is -2.42. The molecular formula is C32H30FN3O2. The first kappa shape index (κ1) is 24.3. The molecule has 1 heterocycles. The van der Waals surface area contributed by atoms with Crippen molar-refractivity contribution in [1.82, 2.24) is 9.78 Å². The Morgan fingerprint density at radius 1 is 1.08 bits per heavy atom. The zero-order chi connectivity index (χ0) is 26.5. The average molecular weight is 508 g/mol. The minimum Gasteiger partial charge on any atom is -0.389 e. The van der Waals surface area contributed by atoms with Gasteiger partial charge in [0.2, 0.25) is 5.91 Å². The Bertz CT molecular complexity index is 1560. The fraction of sp³-hybridized carbons (Fsp3) is 0.250. The Morgan fingerprint density at radius 3 is 2.58 bits per heavy atom. The van der Waals surface area contributed by atoms with Crippen LogP contribution in [0.3, 0.4) is 0 Å². The largest absolute Gasteiger partial charge is 0.389 e. The molecule has 4 aromatic rings. The number of aryl methyl sites for hydroxylation is 1. The van der Waals surface area contributed by atoms with E-state index in [1.165, 1.54) is 17.7 Å². The highest BCUT2D eigenvalue weighted by Gasteiger charge is 2.54. The smallest absolute Gasteiger partial charge is 0.248 e. The van der Waals surface area contributed by atoms with Gasteiger partial charge >= 0.3 is 0 Å². The van der Waals surface area contributed by atoms with E-state index in [1.54, 1.807) is 12.1 Å². The number of halogens is 1. The van der Waals surface area contributed by atoms with Crippen molar-refractivity contribution in [3.05, 3.63) is 113 Å². The number of aromatic nitrogens is 2. The van der Waals surface area contributed by atoms with Gasteiger partial charge in [0.05, 0.1) is 23.2 Å². The van der Waals surface area contributed by atoms with Gasteiger partial charge in [0.25, 0.3) is 0 Å². The monoisotopic (exact) mass is 507 g/mol. The number of carbonyl (C=O) groups excluding carboxylic acids is 1. The normalized spacial score (nSPS) is 22.0. The van der Waals surface area contributed by atoms with Gasteiger partial charge in [0.15, 0.2) is 0 Å². The number of amides is 1. The molecule has 3 N–H and O–H groups in total. The van der Waals surface area contributed by atoms with Gasteiger partial charge in [-0.15, -0.1) is 0 Å². The fourth-order valence-electron chi connectivity index (χ4n) is 6.29. The van der Waals surface area contributed by atoms with Crippen LogP contribution in [0, 0.1) is 11.2 Å². The van der Waals surface area contributed by atoms with Crippen LogP contribution in [0.15, 0.2) is 84.6 Å². The van der Waals surface area contributed by atoms with Crippen molar-refractivity contribution < 1.29 is 14.3 Å². The molecule has 6 rings (SSSR count). The predicted molar refractivity (Wildman–Crippen MR) is 146 cm³/mol. The second-order valence-electron chi connectivity index (χ2n) is 10.8. The fourth-order valence-corrected chi connectivity index (χ4v) is 6.29. The molecule has 0 unspecified atom stereocenters. The average Bonchev–Trinajstić information content (AvgIpc) is 3.44. The third-order valence-corrected chi connectivity index (χ3v) is 8.65. The number of nitrogens with zero attached hydrogens (tertiary/aromatic N) is 2. The third-order valence-electron chi connectivity index (χ3n) is 8.65.